The summed E-state index contributed by atoms with van der Waals surface area (Å²) in [6.07, 6.45) is -2.84. The Morgan fingerprint density at radius 3 is 2.19 bits per heavy atom. The van der Waals surface area contributed by atoms with Crippen LogP contribution in [0.15, 0.2) is 36.5 Å². The molecule has 0 unspecified atom stereocenters. The smallest absolute Gasteiger partial charge is 0.416 e. The number of benzene rings is 1. The second-order valence-electron chi connectivity index (χ2n) is 5.77. The first-order chi connectivity index (χ1) is 12.7. The predicted octanol–water partition coefficient (Wildman–Crippen LogP) is 3.75. The van der Waals surface area contributed by atoms with Crippen molar-refractivity contribution in [1.82, 2.24) is 4.57 Å². The van der Waals surface area contributed by atoms with Crippen LogP contribution in [0.25, 0.3) is 0 Å². The van der Waals surface area contributed by atoms with Gasteiger partial charge in [0.2, 0.25) is 0 Å². The summed E-state index contributed by atoms with van der Waals surface area (Å²) in [6.45, 7) is 2.08. The Morgan fingerprint density at radius 2 is 1.67 bits per heavy atom. The topological polar surface area (TPSA) is 69.6 Å². The van der Waals surface area contributed by atoms with E-state index in [4.69, 9.17) is 4.74 Å². The van der Waals surface area contributed by atoms with E-state index in [1.165, 1.54) is 32.4 Å². The molecule has 0 amide bonds. The summed E-state index contributed by atoms with van der Waals surface area (Å²) < 4.78 is 48.8. The van der Waals surface area contributed by atoms with Crippen molar-refractivity contribution in [1.29, 1.82) is 0 Å². The molecule has 1 atom stereocenters. The maximum absolute atomic E-state index is 12.6. The van der Waals surface area contributed by atoms with Crippen molar-refractivity contribution >= 4 is 17.6 Å². The first-order valence-electron chi connectivity index (χ1n) is 7.97. The molecule has 6 nitrogen and oxygen atoms in total. The van der Waals surface area contributed by atoms with Gasteiger partial charge in [0.15, 0.2) is 0 Å². The number of nitrogens with one attached hydrogen (secondary N) is 1. The molecule has 2 rings (SSSR count). The minimum absolute atomic E-state index is 0.0473. The Bertz CT molecular complexity index is 813. The summed E-state index contributed by atoms with van der Waals surface area (Å²) >= 11 is 0. The summed E-state index contributed by atoms with van der Waals surface area (Å²) in [5, 5.41) is 3.00. The Morgan fingerprint density at radius 1 is 1.07 bits per heavy atom. The molecule has 0 aliphatic heterocycles. The van der Waals surface area contributed by atoms with Crippen LogP contribution < -0.4 is 5.32 Å². The largest absolute Gasteiger partial charge is 0.465 e. The van der Waals surface area contributed by atoms with Gasteiger partial charge in [-0.25, -0.2) is 9.59 Å². The van der Waals surface area contributed by atoms with Crippen molar-refractivity contribution in [2.45, 2.75) is 19.1 Å². The maximum Gasteiger partial charge on any atom is 0.416 e. The minimum atomic E-state index is -4.39. The van der Waals surface area contributed by atoms with Gasteiger partial charge in [-0.2, -0.15) is 13.2 Å². The molecule has 1 N–H and O–H groups in total. The summed E-state index contributed by atoms with van der Waals surface area (Å²) in [5.74, 6) is -1.36. The molecule has 0 bridgehead atoms. The van der Waals surface area contributed by atoms with Crippen LogP contribution in [0, 0.1) is 0 Å². The van der Waals surface area contributed by atoms with Gasteiger partial charge in [-0.1, -0.05) is 0 Å². The lowest BCUT2D eigenvalue weighted by atomic mass is 10.2. The average molecular weight is 384 g/mol. The van der Waals surface area contributed by atoms with E-state index >= 15 is 0 Å². The van der Waals surface area contributed by atoms with E-state index in [2.05, 4.69) is 10.1 Å². The highest BCUT2D eigenvalue weighted by molar-refractivity contribution is 6.02. The lowest BCUT2D eigenvalue weighted by Gasteiger charge is -2.18. The van der Waals surface area contributed by atoms with Crippen molar-refractivity contribution in [3.63, 3.8) is 0 Å². The van der Waals surface area contributed by atoms with Crippen LogP contribution >= 0.6 is 0 Å². The number of aromatic nitrogens is 1. The third-order valence-corrected chi connectivity index (χ3v) is 3.99. The molecular weight excluding hydrogens is 365 g/mol. The fourth-order valence-electron chi connectivity index (χ4n) is 2.54. The third kappa shape index (κ3) is 4.60. The molecule has 1 heterocycles. The summed E-state index contributed by atoms with van der Waals surface area (Å²) in [6, 6.07) is 5.76. The molecule has 0 aliphatic rings. The number of carbonyl (C=O) groups excluding carboxylic acids is 2. The van der Waals surface area contributed by atoms with Gasteiger partial charge in [-0.15, -0.1) is 0 Å². The summed E-state index contributed by atoms with van der Waals surface area (Å²) in [5.41, 5.74) is -0.117. The molecule has 1 aromatic heterocycles. The van der Waals surface area contributed by atoms with Crippen LogP contribution in [0.3, 0.4) is 0 Å². The molecule has 27 heavy (non-hydrogen) atoms. The molecule has 0 saturated carbocycles. The highest BCUT2D eigenvalue weighted by Crippen LogP contribution is 2.30. The predicted molar refractivity (Wildman–Crippen MR) is 91.8 cm³/mol. The van der Waals surface area contributed by atoms with Crippen molar-refractivity contribution < 1.29 is 32.2 Å². The number of carbonyl (C=O) groups is 2. The molecule has 0 radical (unpaired) electrons. The first kappa shape index (κ1) is 20.3. The third-order valence-electron chi connectivity index (χ3n) is 3.99. The Balaban J connectivity index is 2.16. The van der Waals surface area contributed by atoms with Crippen LogP contribution in [-0.2, 0) is 15.7 Å². The van der Waals surface area contributed by atoms with Crippen LogP contribution in [0.4, 0.5) is 18.9 Å². The number of esters is 2. The number of halogens is 3. The second-order valence-corrected chi connectivity index (χ2v) is 5.77. The molecule has 1 aromatic carbocycles. The summed E-state index contributed by atoms with van der Waals surface area (Å²) in [4.78, 5) is 23.9. The van der Waals surface area contributed by atoms with E-state index in [0.29, 0.717) is 12.2 Å². The van der Waals surface area contributed by atoms with Gasteiger partial charge < -0.3 is 19.4 Å². The molecule has 0 spiro atoms. The molecule has 0 saturated heterocycles. The molecular formula is C18H19F3N2O4. The monoisotopic (exact) mass is 384 g/mol. The SMILES string of the molecule is COC(=O)c1ccn([C@@H](C)CNc2ccc(C(F)(F)F)cc2)c1C(=O)OC. The molecule has 0 fully saturated rings. The lowest BCUT2D eigenvalue weighted by molar-refractivity contribution is -0.137. The van der Waals surface area contributed by atoms with Crippen LogP contribution in [0.5, 0.6) is 0 Å². The second kappa shape index (κ2) is 8.15. The van der Waals surface area contributed by atoms with Crippen LogP contribution in [0.2, 0.25) is 0 Å². The zero-order chi connectivity index (χ0) is 20.2. The number of rotatable bonds is 6. The fraction of sp³-hybridized carbons (Fsp3) is 0.333. The van der Waals surface area contributed by atoms with Gasteiger partial charge in [-0.3, -0.25) is 0 Å². The van der Waals surface area contributed by atoms with Gasteiger partial charge in [0, 0.05) is 24.5 Å². The molecule has 9 heteroatoms. The Hall–Kier alpha value is -2.97. The van der Waals surface area contributed by atoms with E-state index in [-0.39, 0.29) is 17.3 Å². The zero-order valence-corrected chi connectivity index (χ0v) is 15.0. The number of hydrogen-bond acceptors (Lipinski definition) is 5. The van der Waals surface area contributed by atoms with Crippen molar-refractivity contribution in [3.8, 4) is 0 Å². The first-order valence-corrected chi connectivity index (χ1v) is 7.97. The van der Waals surface area contributed by atoms with Crippen molar-refractivity contribution in [3.05, 3.63) is 53.3 Å². The standard InChI is InChI=1S/C18H19F3N2O4/c1-11(10-22-13-6-4-12(5-7-13)18(19,20)21)23-9-8-14(16(24)26-2)15(23)17(25)27-3/h4-9,11,22H,10H2,1-3H3/t11-/m0/s1. The Kier molecular flexibility index (Phi) is 6.14. The molecule has 2 aromatic rings. The normalized spacial score (nSPS) is 12.4. The summed E-state index contributed by atoms with van der Waals surface area (Å²) in [7, 11) is 2.40. The number of hydrogen-bond donors (Lipinski definition) is 1. The van der Waals surface area contributed by atoms with E-state index in [0.717, 1.165) is 12.1 Å². The van der Waals surface area contributed by atoms with Gasteiger partial charge in [0.05, 0.1) is 25.3 Å². The zero-order valence-electron chi connectivity index (χ0n) is 15.0. The van der Waals surface area contributed by atoms with Crippen molar-refractivity contribution in [2.24, 2.45) is 0 Å². The number of methoxy groups -OCH3 is 2. The van der Waals surface area contributed by atoms with E-state index < -0.39 is 23.7 Å². The highest BCUT2D eigenvalue weighted by atomic mass is 19.4. The van der Waals surface area contributed by atoms with E-state index in [9.17, 15) is 22.8 Å². The van der Waals surface area contributed by atoms with Gasteiger partial charge in [-0.05, 0) is 37.3 Å². The maximum atomic E-state index is 12.6. The lowest BCUT2D eigenvalue weighted by Crippen LogP contribution is -2.22. The highest BCUT2D eigenvalue weighted by Gasteiger charge is 2.30. The number of alkyl halides is 3. The fourth-order valence-corrected chi connectivity index (χ4v) is 2.54. The van der Waals surface area contributed by atoms with Gasteiger partial charge >= 0.3 is 18.1 Å². The number of anilines is 1. The van der Waals surface area contributed by atoms with E-state index in [1.807, 2.05) is 0 Å². The number of ether oxygens (including phenoxy) is 2. The van der Waals surface area contributed by atoms with Gasteiger partial charge in [0.25, 0.3) is 0 Å². The quantitative estimate of drug-likeness (QED) is 0.768. The number of nitrogens with zero attached hydrogens (tertiary/aromatic N) is 1. The molecule has 0 aliphatic carbocycles. The van der Waals surface area contributed by atoms with Crippen LogP contribution in [0.1, 0.15) is 39.4 Å². The average Bonchev–Trinajstić information content (AvgIpc) is 3.09. The van der Waals surface area contributed by atoms with Gasteiger partial charge in [0.1, 0.15) is 5.69 Å². The Labute approximate surface area is 153 Å². The molecule has 146 valence electrons. The van der Waals surface area contributed by atoms with E-state index in [1.54, 1.807) is 17.7 Å². The van der Waals surface area contributed by atoms with Crippen molar-refractivity contribution in [2.75, 3.05) is 26.1 Å². The van der Waals surface area contributed by atoms with Crippen LogP contribution in [-0.4, -0.2) is 37.3 Å². The minimum Gasteiger partial charge on any atom is -0.465 e.